The number of halogens is 1. The van der Waals surface area contributed by atoms with E-state index >= 15 is 0 Å². The van der Waals surface area contributed by atoms with E-state index in [0.717, 1.165) is 21.8 Å². The highest BCUT2D eigenvalue weighted by Gasteiger charge is 2.18. The standard InChI is InChI=1S/C13H19BrN2/c1-9-2-5-11(6-3-9)16-13-7-4-10(14)8-12(13)15/h4,7-9,11,16H,2-3,5-6,15H2,1H3. The molecule has 0 radical (unpaired) electrons. The van der Waals surface area contributed by atoms with E-state index in [2.05, 4.69) is 34.2 Å². The third-order valence-corrected chi connectivity index (χ3v) is 3.88. The largest absolute Gasteiger partial charge is 0.397 e. The molecule has 1 fully saturated rings. The van der Waals surface area contributed by atoms with Crippen molar-refractivity contribution in [1.82, 2.24) is 0 Å². The second-order valence-corrected chi connectivity index (χ2v) is 5.75. The molecule has 1 aliphatic carbocycles. The van der Waals surface area contributed by atoms with Crippen LogP contribution >= 0.6 is 15.9 Å². The van der Waals surface area contributed by atoms with Crippen LogP contribution in [0, 0.1) is 5.92 Å². The molecule has 0 saturated heterocycles. The van der Waals surface area contributed by atoms with E-state index in [9.17, 15) is 0 Å². The first-order valence-corrected chi connectivity index (χ1v) is 6.76. The number of nitrogen functional groups attached to an aromatic ring is 1. The van der Waals surface area contributed by atoms with Gasteiger partial charge in [-0.05, 0) is 49.8 Å². The van der Waals surface area contributed by atoms with E-state index in [1.807, 2.05) is 12.1 Å². The average molecular weight is 283 g/mol. The Labute approximate surface area is 106 Å². The highest BCUT2D eigenvalue weighted by atomic mass is 79.9. The van der Waals surface area contributed by atoms with E-state index < -0.39 is 0 Å². The molecule has 3 heteroatoms. The third-order valence-electron chi connectivity index (χ3n) is 3.39. The monoisotopic (exact) mass is 282 g/mol. The van der Waals surface area contributed by atoms with Gasteiger partial charge in [-0.25, -0.2) is 0 Å². The molecule has 1 aromatic carbocycles. The number of hydrogen-bond donors (Lipinski definition) is 2. The van der Waals surface area contributed by atoms with Crippen molar-refractivity contribution in [3.05, 3.63) is 22.7 Å². The van der Waals surface area contributed by atoms with Gasteiger partial charge in [0.25, 0.3) is 0 Å². The van der Waals surface area contributed by atoms with Gasteiger partial charge < -0.3 is 11.1 Å². The summed E-state index contributed by atoms with van der Waals surface area (Å²) in [5, 5.41) is 3.55. The van der Waals surface area contributed by atoms with Gasteiger partial charge in [0.1, 0.15) is 0 Å². The Morgan fingerprint density at radius 2 is 1.94 bits per heavy atom. The molecule has 0 unspecified atom stereocenters. The van der Waals surface area contributed by atoms with Crippen LogP contribution in [0.1, 0.15) is 32.6 Å². The Balaban J connectivity index is 1.98. The van der Waals surface area contributed by atoms with Crippen molar-refractivity contribution in [2.24, 2.45) is 5.92 Å². The van der Waals surface area contributed by atoms with Crippen molar-refractivity contribution in [3.63, 3.8) is 0 Å². The van der Waals surface area contributed by atoms with Crippen LogP contribution in [-0.4, -0.2) is 6.04 Å². The summed E-state index contributed by atoms with van der Waals surface area (Å²) < 4.78 is 1.04. The van der Waals surface area contributed by atoms with Crippen LogP contribution in [0.3, 0.4) is 0 Å². The molecule has 2 rings (SSSR count). The minimum Gasteiger partial charge on any atom is -0.397 e. The zero-order valence-electron chi connectivity index (χ0n) is 9.67. The van der Waals surface area contributed by atoms with Crippen molar-refractivity contribution >= 4 is 27.3 Å². The minimum atomic E-state index is 0.597. The van der Waals surface area contributed by atoms with Gasteiger partial charge in [-0.2, -0.15) is 0 Å². The van der Waals surface area contributed by atoms with Gasteiger partial charge >= 0.3 is 0 Å². The van der Waals surface area contributed by atoms with E-state index in [0.29, 0.717) is 6.04 Å². The minimum absolute atomic E-state index is 0.597. The Morgan fingerprint density at radius 3 is 2.56 bits per heavy atom. The Kier molecular flexibility index (Phi) is 3.74. The number of nitrogens with two attached hydrogens (primary N) is 1. The molecule has 3 N–H and O–H groups in total. The molecule has 0 bridgehead atoms. The maximum Gasteiger partial charge on any atom is 0.0576 e. The summed E-state index contributed by atoms with van der Waals surface area (Å²) in [6, 6.07) is 6.63. The number of nitrogens with one attached hydrogen (secondary N) is 1. The van der Waals surface area contributed by atoms with Crippen LogP contribution in [0.2, 0.25) is 0 Å². The molecule has 0 heterocycles. The molecule has 0 amide bonds. The van der Waals surface area contributed by atoms with Crippen molar-refractivity contribution in [3.8, 4) is 0 Å². The van der Waals surface area contributed by atoms with Gasteiger partial charge in [-0.1, -0.05) is 22.9 Å². The van der Waals surface area contributed by atoms with Crippen LogP contribution < -0.4 is 11.1 Å². The summed E-state index contributed by atoms with van der Waals surface area (Å²) in [6.45, 7) is 2.34. The smallest absolute Gasteiger partial charge is 0.0576 e. The van der Waals surface area contributed by atoms with Gasteiger partial charge in [-0.15, -0.1) is 0 Å². The molecular formula is C13H19BrN2. The fourth-order valence-corrected chi connectivity index (χ4v) is 2.67. The maximum atomic E-state index is 5.97. The van der Waals surface area contributed by atoms with E-state index in [-0.39, 0.29) is 0 Å². The molecule has 0 atom stereocenters. The number of hydrogen-bond acceptors (Lipinski definition) is 2. The van der Waals surface area contributed by atoms with Crippen LogP contribution in [0.4, 0.5) is 11.4 Å². The Hall–Kier alpha value is -0.700. The topological polar surface area (TPSA) is 38.0 Å². The van der Waals surface area contributed by atoms with Crippen LogP contribution in [-0.2, 0) is 0 Å². The molecule has 1 aromatic rings. The van der Waals surface area contributed by atoms with Crippen LogP contribution in [0.25, 0.3) is 0 Å². The third kappa shape index (κ3) is 2.91. The molecule has 1 aliphatic rings. The molecule has 2 nitrogen and oxygen atoms in total. The van der Waals surface area contributed by atoms with Crippen LogP contribution in [0.5, 0.6) is 0 Å². The first-order chi connectivity index (χ1) is 7.65. The lowest BCUT2D eigenvalue weighted by Gasteiger charge is -2.28. The van der Waals surface area contributed by atoms with Crippen molar-refractivity contribution in [2.75, 3.05) is 11.1 Å². The summed E-state index contributed by atoms with van der Waals surface area (Å²) in [7, 11) is 0. The molecule has 0 spiro atoms. The lowest BCUT2D eigenvalue weighted by molar-refractivity contribution is 0.361. The predicted molar refractivity (Wildman–Crippen MR) is 73.6 cm³/mol. The SMILES string of the molecule is CC1CCC(Nc2ccc(Br)cc2N)CC1. The second kappa shape index (κ2) is 5.09. The van der Waals surface area contributed by atoms with E-state index in [4.69, 9.17) is 5.73 Å². The second-order valence-electron chi connectivity index (χ2n) is 4.83. The van der Waals surface area contributed by atoms with Gasteiger partial charge in [0.05, 0.1) is 11.4 Å². The van der Waals surface area contributed by atoms with Crippen molar-refractivity contribution in [2.45, 2.75) is 38.6 Å². The zero-order valence-corrected chi connectivity index (χ0v) is 11.3. The van der Waals surface area contributed by atoms with Gasteiger partial charge in [0.2, 0.25) is 0 Å². The molecule has 0 aromatic heterocycles. The maximum absolute atomic E-state index is 5.97. The lowest BCUT2D eigenvalue weighted by atomic mass is 9.87. The molecule has 0 aliphatic heterocycles. The fourth-order valence-electron chi connectivity index (χ4n) is 2.29. The number of benzene rings is 1. The first-order valence-electron chi connectivity index (χ1n) is 5.96. The fraction of sp³-hybridized carbons (Fsp3) is 0.538. The highest BCUT2D eigenvalue weighted by molar-refractivity contribution is 9.10. The summed E-state index contributed by atoms with van der Waals surface area (Å²) in [4.78, 5) is 0. The molecule has 88 valence electrons. The molecular weight excluding hydrogens is 264 g/mol. The summed E-state index contributed by atoms with van der Waals surface area (Å²) in [5.41, 5.74) is 7.87. The van der Waals surface area contributed by atoms with Gasteiger partial charge in [-0.3, -0.25) is 0 Å². The highest BCUT2D eigenvalue weighted by Crippen LogP contribution is 2.29. The van der Waals surface area contributed by atoms with Gasteiger partial charge in [0.15, 0.2) is 0 Å². The lowest BCUT2D eigenvalue weighted by Crippen LogP contribution is -2.25. The quantitative estimate of drug-likeness (QED) is 0.804. The van der Waals surface area contributed by atoms with Crippen molar-refractivity contribution < 1.29 is 0 Å². The predicted octanol–water partition coefficient (Wildman–Crippen LogP) is 4.02. The van der Waals surface area contributed by atoms with Gasteiger partial charge in [0, 0.05) is 10.5 Å². The summed E-state index contributed by atoms with van der Waals surface area (Å²) in [6.07, 6.45) is 5.18. The number of anilines is 2. The van der Waals surface area contributed by atoms with Crippen LogP contribution in [0.15, 0.2) is 22.7 Å². The number of rotatable bonds is 2. The van der Waals surface area contributed by atoms with E-state index in [1.54, 1.807) is 0 Å². The zero-order chi connectivity index (χ0) is 11.5. The van der Waals surface area contributed by atoms with Crippen molar-refractivity contribution in [1.29, 1.82) is 0 Å². The first kappa shape index (κ1) is 11.8. The summed E-state index contributed by atoms with van der Waals surface area (Å²) in [5.74, 6) is 0.889. The Morgan fingerprint density at radius 1 is 1.25 bits per heavy atom. The van der Waals surface area contributed by atoms with E-state index in [1.165, 1.54) is 25.7 Å². The molecule has 1 saturated carbocycles. The normalized spacial score (nSPS) is 25.4. The molecule has 16 heavy (non-hydrogen) atoms. The Bertz CT molecular complexity index is 357. The summed E-state index contributed by atoms with van der Waals surface area (Å²) >= 11 is 3.42. The average Bonchev–Trinajstić information content (AvgIpc) is 2.25.